The van der Waals surface area contributed by atoms with E-state index in [9.17, 15) is 9.59 Å². The Hall–Kier alpha value is -1.74. The van der Waals surface area contributed by atoms with Gasteiger partial charge in [0.15, 0.2) is 0 Å². The molecule has 0 aliphatic carbocycles. The van der Waals surface area contributed by atoms with Crippen LogP contribution in [0.1, 0.15) is 67.2 Å². The van der Waals surface area contributed by atoms with Gasteiger partial charge in [-0.25, -0.2) is 0 Å². The highest BCUT2D eigenvalue weighted by atomic mass is 16.1. The molecule has 3 radical (unpaired) electrons. The molecule has 0 saturated carbocycles. The molecular formula is C20H32NO2. The summed E-state index contributed by atoms with van der Waals surface area (Å²) in [6, 6.07) is 0. The molecular weight excluding hydrogens is 286 g/mol. The van der Waals surface area contributed by atoms with Gasteiger partial charge in [-0.05, 0) is 79.4 Å². The minimum absolute atomic E-state index is 0. The van der Waals surface area contributed by atoms with E-state index in [0.717, 1.165) is 49.4 Å². The van der Waals surface area contributed by atoms with Crippen LogP contribution in [0.5, 0.6) is 0 Å². The normalized spacial score (nSPS) is 10.5. The van der Waals surface area contributed by atoms with Gasteiger partial charge in [0.25, 0.3) is 0 Å². The second-order valence-corrected chi connectivity index (χ2v) is 5.94. The van der Waals surface area contributed by atoms with Crippen LogP contribution in [-0.4, -0.2) is 12.6 Å². The van der Waals surface area contributed by atoms with Gasteiger partial charge in [-0.15, -0.1) is 0 Å². The van der Waals surface area contributed by atoms with Crippen molar-refractivity contribution < 1.29 is 9.59 Å². The molecule has 0 aliphatic heterocycles. The van der Waals surface area contributed by atoms with Crippen LogP contribution in [0, 0.1) is 0 Å². The molecule has 0 spiro atoms. The van der Waals surface area contributed by atoms with E-state index in [2.05, 4.69) is 39.8 Å². The maximum absolute atomic E-state index is 10.0. The van der Waals surface area contributed by atoms with E-state index in [1.165, 1.54) is 11.1 Å². The molecule has 3 heteroatoms. The van der Waals surface area contributed by atoms with Crippen molar-refractivity contribution in [1.29, 1.82) is 0 Å². The predicted molar refractivity (Wildman–Crippen MR) is 99.1 cm³/mol. The monoisotopic (exact) mass is 318 g/mol. The molecule has 0 heterocycles. The molecule has 0 aromatic carbocycles. The Kier molecular flexibility index (Phi) is 20.8. The molecule has 0 N–H and O–H groups in total. The summed E-state index contributed by atoms with van der Waals surface area (Å²) in [6.45, 7) is 12.3. The van der Waals surface area contributed by atoms with E-state index in [1.54, 1.807) is 12.2 Å². The van der Waals surface area contributed by atoms with E-state index in [4.69, 9.17) is 0 Å². The number of nitrogens with zero attached hydrogens (tertiary/aromatic N) is 1. The second-order valence-electron chi connectivity index (χ2n) is 5.94. The largest absolute Gasteiger partial charge is 0.299 e. The first kappa shape index (κ1) is 26.2. The van der Waals surface area contributed by atoms with Crippen molar-refractivity contribution >= 4 is 12.6 Å². The smallest absolute Gasteiger partial charge is 0.142 e. The fourth-order valence-corrected chi connectivity index (χ4v) is 1.58. The number of allylic oxidation sites excluding steroid dienone is 8. The second kappa shape index (κ2) is 18.3. The molecule has 0 amide bonds. The molecule has 0 aromatic heterocycles. The first-order valence-electron chi connectivity index (χ1n) is 7.82. The van der Waals surface area contributed by atoms with Crippen molar-refractivity contribution in [2.75, 3.05) is 0 Å². The third kappa shape index (κ3) is 25.6. The van der Waals surface area contributed by atoms with Gasteiger partial charge in [-0.2, -0.15) is 0 Å². The SMILES string of the molecule is CC(C)=CCC/C(C)=C\C=O.CC(C)=CCC/C(C)=C\C=O.[N]. The third-order valence-electron chi connectivity index (χ3n) is 2.89. The summed E-state index contributed by atoms with van der Waals surface area (Å²) in [5, 5.41) is 0. The molecule has 0 aromatic rings. The lowest BCUT2D eigenvalue weighted by Gasteiger charge is -1.94. The number of carbonyl (C=O) groups is 2. The Bertz CT molecular complexity index is 391. The third-order valence-corrected chi connectivity index (χ3v) is 2.89. The average molecular weight is 318 g/mol. The number of hydrogen-bond acceptors (Lipinski definition) is 2. The molecule has 0 unspecified atom stereocenters. The van der Waals surface area contributed by atoms with E-state index < -0.39 is 0 Å². The first-order chi connectivity index (χ1) is 10.3. The minimum atomic E-state index is 0. The minimum Gasteiger partial charge on any atom is -0.299 e. The Morgan fingerprint density at radius 1 is 0.652 bits per heavy atom. The zero-order chi connectivity index (χ0) is 17.4. The van der Waals surface area contributed by atoms with E-state index in [-0.39, 0.29) is 6.15 Å². The van der Waals surface area contributed by atoms with Crippen molar-refractivity contribution in [1.82, 2.24) is 6.15 Å². The zero-order valence-corrected chi connectivity index (χ0v) is 15.6. The standard InChI is InChI=1S/2C10H16O.N/c2*1-9(2)5-4-6-10(3)7-8-11;/h2*5,7-8H,4,6H2,1-3H3;/b2*10-7-;. The molecule has 129 valence electrons. The van der Waals surface area contributed by atoms with Gasteiger partial charge in [0, 0.05) is 6.15 Å². The van der Waals surface area contributed by atoms with Crippen LogP contribution in [-0.2, 0) is 9.59 Å². The highest BCUT2D eigenvalue weighted by molar-refractivity contribution is 5.66. The number of hydrogen-bond donors (Lipinski definition) is 0. The van der Waals surface area contributed by atoms with E-state index in [0.29, 0.717) is 0 Å². The van der Waals surface area contributed by atoms with Crippen LogP contribution < -0.4 is 6.15 Å². The molecule has 0 aliphatic rings. The highest BCUT2D eigenvalue weighted by Crippen LogP contribution is 2.05. The van der Waals surface area contributed by atoms with Crippen molar-refractivity contribution in [2.45, 2.75) is 67.2 Å². The first-order valence-corrected chi connectivity index (χ1v) is 7.82. The Morgan fingerprint density at radius 2 is 0.957 bits per heavy atom. The van der Waals surface area contributed by atoms with Gasteiger partial charge in [0.05, 0.1) is 0 Å². The number of aldehydes is 2. The Labute approximate surface area is 142 Å². The van der Waals surface area contributed by atoms with Gasteiger partial charge in [-0.3, -0.25) is 9.59 Å². The van der Waals surface area contributed by atoms with Crippen LogP contribution in [0.15, 0.2) is 46.6 Å². The number of carbonyl (C=O) groups excluding carboxylic acids is 2. The van der Waals surface area contributed by atoms with Crippen molar-refractivity contribution in [3.05, 3.63) is 46.6 Å². The summed E-state index contributed by atoms with van der Waals surface area (Å²) in [5.74, 6) is 0. The van der Waals surface area contributed by atoms with Gasteiger partial charge in [-0.1, -0.05) is 34.4 Å². The number of rotatable bonds is 8. The summed E-state index contributed by atoms with van der Waals surface area (Å²) in [5.41, 5.74) is 4.97. The average Bonchev–Trinajstić information content (AvgIpc) is 2.39. The summed E-state index contributed by atoms with van der Waals surface area (Å²) in [6.07, 6.45) is 13.4. The summed E-state index contributed by atoms with van der Waals surface area (Å²) in [4.78, 5) is 20.0. The van der Waals surface area contributed by atoms with Gasteiger partial charge < -0.3 is 0 Å². The fourth-order valence-electron chi connectivity index (χ4n) is 1.58. The molecule has 0 saturated heterocycles. The Balaban J connectivity index is -0.000000333. The van der Waals surface area contributed by atoms with E-state index >= 15 is 0 Å². The maximum Gasteiger partial charge on any atom is 0.142 e. The molecule has 0 rings (SSSR count). The van der Waals surface area contributed by atoms with Crippen molar-refractivity contribution in [2.24, 2.45) is 0 Å². The van der Waals surface area contributed by atoms with Crippen LogP contribution in [0.2, 0.25) is 0 Å². The molecule has 0 bridgehead atoms. The molecule has 3 nitrogen and oxygen atoms in total. The lowest BCUT2D eigenvalue weighted by molar-refractivity contribution is -0.104. The van der Waals surface area contributed by atoms with Gasteiger partial charge in [0.1, 0.15) is 12.6 Å². The van der Waals surface area contributed by atoms with Crippen molar-refractivity contribution in [3.63, 3.8) is 0 Å². The van der Waals surface area contributed by atoms with Gasteiger partial charge >= 0.3 is 0 Å². The highest BCUT2D eigenvalue weighted by Gasteiger charge is 1.87. The fraction of sp³-hybridized carbons (Fsp3) is 0.500. The lowest BCUT2D eigenvalue weighted by Crippen LogP contribution is -1.77. The summed E-state index contributed by atoms with van der Waals surface area (Å²) < 4.78 is 0. The van der Waals surface area contributed by atoms with E-state index in [1.807, 2.05) is 13.8 Å². The topological polar surface area (TPSA) is 64.6 Å². The molecule has 0 fully saturated rings. The van der Waals surface area contributed by atoms with Crippen LogP contribution in [0.25, 0.3) is 0 Å². The Morgan fingerprint density at radius 3 is 1.17 bits per heavy atom. The molecule has 0 atom stereocenters. The maximum atomic E-state index is 10.0. The summed E-state index contributed by atoms with van der Waals surface area (Å²) in [7, 11) is 0. The molecule has 23 heavy (non-hydrogen) atoms. The van der Waals surface area contributed by atoms with Crippen LogP contribution in [0.3, 0.4) is 0 Å². The quantitative estimate of drug-likeness (QED) is 0.347. The summed E-state index contributed by atoms with van der Waals surface area (Å²) >= 11 is 0. The van der Waals surface area contributed by atoms with Crippen LogP contribution >= 0.6 is 0 Å². The van der Waals surface area contributed by atoms with Crippen LogP contribution in [0.4, 0.5) is 0 Å². The zero-order valence-electron chi connectivity index (χ0n) is 15.6. The van der Waals surface area contributed by atoms with Crippen molar-refractivity contribution in [3.8, 4) is 0 Å². The lowest BCUT2D eigenvalue weighted by atomic mass is 10.1. The predicted octanol–water partition coefficient (Wildman–Crippen LogP) is 5.28. The van der Waals surface area contributed by atoms with Gasteiger partial charge in [0.2, 0.25) is 0 Å².